The summed E-state index contributed by atoms with van der Waals surface area (Å²) in [5.41, 5.74) is 1.50. The van der Waals surface area contributed by atoms with Gasteiger partial charge in [0.05, 0.1) is 5.69 Å². The van der Waals surface area contributed by atoms with Gasteiger partial charge in [0.15, 0.2) is 11.3 Å². The summed E-state index contributed by atoms with van der Waals surface area (Å²) in [7, 11) is 0. The summed E-state index contributed by atoms with van der Waals surface area (Å²) in [6.45, 7) is 3.76. The van der Waals surface area contributed by atoms with Gasteiger partial charge in [-0.05, 0) is 19.8 Å². The fourth-order valence-corrected chi connectivity index (χ4v) is 2.35. The number of hydrogen-bond donors (Lipinski definition) is 1. The molecule has 3 heterocycles. The predicted molar refractivity (Wildman–Crippen MR) is 66.1 cm³/mol. The van der Waals surface area contributed by atoms with E-state index in [1.165, 1.54) is 0 Å². The van der Waals surface area contributed by atoms with Crippen molar-refractivity contribution in [3.8, 4) is 0 Å². The lowest BCUT2D eigenvalue weighted by Gasteiger charge is -2.18. The SMILES string of the molecule is Cc1cc2nc(C(=O)O)cc(N3CCCC3)n2n1. The Morgan fingerprint density at radius 1 is 1.33 bits per heavy atom. The lowest BCUT2D eigenvalue weighted by atomic mass is 10.3. The number of rotatable bonds is 2. The van der Waals surface area contributed by atoms with Gasteiger partial charge in [-0.1, -0.05) is 0 Å². The lowest BCUT2D eigenvalue weighted by Crippen LogP contribution is -2.22. The predicted octanol–water partition coefficient (Wildman–Crippen LogP) is 1.34. The Labute approximate surface area is 104 Å². The van der Waals surface area contributed by atoms with Crippen molar-refractivity contribution in [3.63, 3.8) is 0 Å². The number of aromatic carboxylic acids is 1. The third-order valence-corrected chi connectivity index (χ3v) is 3.18. The smallest absolute Gasteiger partial charge is 0.354 e. The van der Waals surface area contributed by atoms with Crippen LogP contribution in [0.2, 0.25) is 0 Å². The highest BCUT2D eigenvalue weighted by molar-refractivity contribution is 5.87. The van der Waals surface area contributed by atoms with Crippen LogP contribution < -0.4 is 4.90 Å². The van der Waals surface area contributed by atoms with Crippen LogP contribution in [0.5, 0.6) is 0 Å². The van der Waals surface area contributed by atoms with E-state index in [9.17, 15) is 4.79 Å². The molecule has 0 spiro atoms. The van der Waals surface area contributed by atoms with E-state index >= 15 is 0 Å². The molecule has 3 rings (SSSR count). The van der Waals surface area contributed by atoms with Crippen molar-refractivity contribution in [2.45, 2.75) is 19.8 Å². The monoisotopic (exact) mass is 246 g/mol. The molecular weight excluding hydrogens is 232 g/mol. The highest BCUT2D eigenvalue weighted by atomic mass is 16.4. The number of carbonyl (C=O) groups is 1. The van der Waals surface area contributed by atoms with Crippen LogP contribution in [0, 0.1) is 6.92 Å². The van der Waals surface area contributed by atoms with E-state index in [4.69, 9.17) is 5.11 Å². The van der Waals surface area contributed by atoms with Gasteiger partial charge in [0, 0.05) is 25.2 Å². The van der Waals surface area contributed by atoms with Crippen molar-refractivity contribution < 1.29 is 9.90 Å². The number of hydrogen-bond acceptors (Lipinski definition) is 4. The minimum atomic E-state index is -1.00. The van der Waals surface area contributed by atoms with Gasteiger partial charge in [-0.25, -0.2) is 9.78 Å². The zero-order valence-electron chi connectivity index (χ0n) is 10.1. The third kappa shape index (κ3) is 1.70. The van der Waals surface area contributed by atoms with Crippen LogP contribution in [0.15, 0.2) is 12.1 Å². The Kier molecular flexibility index (Phi) is 2.43. The molecule has 1 N–H and O–H groups in total. The molecule has 1 saturated heterocycles. The van der Waals surface area contributed by atoms with Gasteiger partial charge in [0.2, 0.25) is 0 Å². The van der Waals surface area contributed by atoms with E-state index in [2.05, 4.69) is 15.0 Å². The molecule has 0 aliphatic carbocycles. The van der Waals surface area contributed by atoms with E-state index in [0.717, 1.165) is 37.4 Å². The molecule has 6 nitrogen and oxygen atoms in total. The molecule has 0 aromatic carbocycles. The molecule has 1 aliphatic rings. The van der Waals surface area contributed by atoms with E-state index in [1.807, 2.05) is 6.92 Å². The highest BCUT2D eigenvalue weighted by Gasteiger charge is 2.19. The molecule has 0 saturated carbocycles. The van der Waals surface area contributed by atoms with Gasteiger partial charge in [-0.15, -0.1) is 0 Å². The van der Waals surface area contributed by atoms with Crippen molar-refractivity contribution >= 4 is 17.4 Å². The molecule has 2 aromatic rings. The van der Waals surface area contributed by atoms with Crippen LogP contribution in [-0.4, -0.2) is 38.8 Å². The summed E-state index contributed by atoms with van der Waals surface area (Å²) in [5, 5.41) is 13.5. The van der Waals surface area contributed by atoms with Crippen LogP contribution >= 0.6 is 0 Å². The minimum absolute atomic E-state index is 0.0734. The number of nitrogens with zero attached hydrogens (tertiary/aromatic N) is 4. The molecular formula is C12H14N4O2. The number of aromatic nitrogens is 3. The zero-order chi connectivity index (χ0) is 12.7. The molecule has 1 aliphatic heterocycles. The molecule has 0 unspecified atom stereocenters. The van der Waals surface area contributed by atoms with E-state index in [0.29, 0.717) is 5.65 Å². The van der Waals surface area contributed by atoms with Crippen LogP contribution in [0.25, 0.3) is 5.65 Å². The third-order valence-electron chi connectivity index (χ3n) is 3.18. The van der Waals surface area contributed by atoms with Crippen LogP contribution in [0.4, 0.5) is 5.82 Å². The molecule has 94 valence electrons. The topological polar surface area (TPSA) is 70.7 Å². The standard InChI is InChI=1S/C12H14N4O2/c1-8-6-10-13-9(12(17)18)7-11(16(10)14-8)15-4-2-3-5-15/h6-7H,2-5H2,1H3,(H,17,18). The maximum absolute atomic E-state index is 11.1. The van der Waals surface area contributed by atoms with Gasteiger partial charge < -0.3 is 10.0 Å². The number of fused-ring (bicyclic) bond motifs is 1. The van der Waals surface area contributed by atoms with Crippen LogP contribution in [0.3, 0.4) is 0 Å². The molecule has 0 atom stereocenters. The summed E-state index contributed by atoms with van der Waals surface area (Å²) >= 11 is 0. The maximum Gasteiger partial charge on any atom is 0.354 e. The summed E-state index contributed by atoms with van der Waals surface area (Å²) < 4.78 is 1.73. The Morgan fingerprint density at radius 3 is 2.72 bits per heavy atom. The van der Waals surface area contributed by atoms with Gasteiger partial charge in [-0.2, -0.15) is 9.61 Å². The fourth-order valence-electron chi connectivity index (χ4n) is 2.35. The molecule has 0 radical (unpaired) electrons. The second-order valence-electron chi connectivity index (χ2n) is 4.55. The van der Waals surface area contributed by atoms with Crippen molar-refractivity contribution in [2.24, 2.45) is 0 Å². The molecule has 0 bridgehead atoms. The summed E-state index contributed by atoms with van der Waals surface area (Å²) in [4.78, 5) is 17.4. The summed E-state index contributed by atoms with van der Waals surface area (Å²) in [5.74, 6) is -0.181. The van der Waals surface area contributed by atoms with Crippen molar-refractivity contribution in [3.05, 3.63) is 23.5 Å². The van der Waals surface area contributed by atoms with E-state index < -0.39 is 5.97 Å². The first-order chi connectivity index (χ1) is 8.65. The fraction of sp³-hybridized carbons (Fsp3) is 0.417. The van der Waals surface area contributed by atoms with Crippen LogP contribution in [0.1, 0.15) is 29.0 Å². The zero-order valence-corrected chi connectivity index (χ0v) is 10.1. The quantitative estimate of drug-likeness (QED) is 0.865. The second-order valence-corrected chi connectivity index (χ2v) is 4.55. The van der Waals surface area contributed by atoms with E-state index in [1.54, 1.807) is 16.6 Å². The van der Waals surface area contributed by atoms with Gasteiger partial charge in [0.1, 0.15) is 5.82 Å². The summed E-state index contributed by atoms with van der Waals surface area (Å²) in [6.07, 6.45) is 2.26. The number of anilines is 1. The van der Waals surface area contributed by atoms with Crippen molar-refractivity contribution in [2.75, 3.05) is 18.0 Å². The average Bonchev–Trinajstić information content (AvgIpc) is 2.94. The first-order valence-electron chi connectivity index (χ1n) is 6.01. The molecule has 18 heavy (non-hydrogen) atoms. The van der Waals surface area contributed by atoms with E-state index in [-0.39, 0.29) is 5.69 Å². The Hall–Kier alpha value is -2.11. The molecule has 2 aromatic heterocycles. The van der Waals surface area contributed by atoms with Crippen molar-refractivity contribution in [1.29, 1.82) is 0 Å². The molecule has 6 heteroatoms. The average molecular weight is 246 g/mol. The first-order valence-corrected chi connectivity index (χ1v) is 6.01. The number of carboxylic acids is 1. The van der Waals surface area contributed by atoms with Crippen LogP contribution in [-0.2, 0) is 0 Å². The molecule has 0 amide bonds. The Bertz CT molecular complexity index is 614. The number of aryl methyl sites for hydroxylation is 1. The first kappa shape index (κ1) is 11.0. The van der Waals surface area contributed by atoms with Gasteiger partial charge >= 0.3 is 5.97 Å². The largest absolute Gasteiger partial charge is 0.477 e. The molecule has 1 fully saturated rings. The van der Waals surface area contributed by atoms with Crippen molar-refractivity contribution in [1.82, 2.24) is 14.6 Å². The number of carboxylic acid groups (broad SMARTS) is 1. The normalized spacial score (nSPS) is 15.5. The van der Waals surface area contributed by atoms with Gasteiger partial charge in [0.25, 0.3) is 0 Å². The maximum atomic E-state index is 11.1. The lowest BCUT2D eigenvalue weighted by molar-refractivity contribution is 0.0690. The second kappa shape index (κ2) is 3.97. The highest BCUT2D eigenvalue weighted by Crippen LogP contribution is 2.22. The Morgan fingerprint density at radius 2 is 2.06 bits per heavy atom. The summed E-state index contributed by atoms with van der Waals surface area (Å²) in [6, 6.07) is 3.40. The Balaban J connectivity index is 2.22. The van der Waals surface area contributed by atoms with Gasteiger partial charge in [-0.3, -0.25) is 0 Å². The minimum Gasteiger partial charge on any atom is -0.477 e.